The first kappa shape index (κ1) is 24.3. The Hall–Kier alpha value is -4.37. The highest BCUT2D eigenvalue weighted by molar-refractivity contribution is 6.05. The van der Waals surface area contributed by atoms with Gasteiger partial charge in [0.1, 0.15) is 17.9 Å². The normalized spacial score (nSPS) is 13.9. The molecule has 3 aromatic carbocycles. The summed E-state index contributed by atoms with van der Waals surface area (Å²) < 4.78 is 5.34. The lowest BCUT2D eigenvalue weighted by atomic mass is 10.1. The summed E-state index contributed by atoms with van der Waals surface area (Å²) in [7, 11) is 3.77. The number of hydrogen-bond donors (Lipinski definition) is 3. The topological polar surface area (TPSA) is 94.7 Å². The molecule has 1 saturated heterocycles. The lowest BCUT2D eigenvalue weighted by Gasteiger charge is -2.35. The van der Waals surface area contributed by atoms with Crippen molar-refractivity contribution < 1.29 is 9.53 Å². The number of urea groups is 1. The Balaban J connectivity index is 1.51. The van der Waals surface area contributed by atoms with Crippen molar-refractivity contribution in [1.29, 1.82) is 0 Å². The van der Waals surface area contributed by atoms with Crippen LogP contribution in [-0.4, -0.2) is 61.2 Å². The number of amides is 2. The minimum absolute atomic E-state index is 0.307. The monoisotopic (exact) mass is 497 g/mol. The summed E-state index contributed by atoms with van der Waals surface area (Å²) in [5, 5.41) is 10.2. The second-order valence-electron chi connectivity index (χ2n) is 9.15. The third-order valence-electron chi connectivity index (χ3n) is 6.56. The van der Waals surface area contributed by atoms with E-state index >= 15 is 0 Å². The largest absolute Gasteiger partial charge is 0.497 e. The fourth-order valence-electron chi connectivity index (χ4n) is 4.44. The molecule has 0 bridgehead atoms. The maximum atomic E-state index is 13.0. The molecule has 1 aliphatic rings. The van der Waals surface area contributed by atoms with Crippen molar-refractivity contribution in [3.8, 4) is 5.75 Å². The second kappa shape index (κ2) is 10.7. The molecule has 4 aromatic rings. The molecule has 9 nitrogen and oxygen atoms in total. The van der Waals surface area contributed by atoms with Crippen molar-refractivity contribution in [2.24, 2.45) is 0 Å². The van der Waals surface area contributed by atoms with Gasteiger partial charge in [-0.3, -0.25) is 0 Å². The zero-order valence-corrected chi connectivity index (χ0v) is 21.3. The van der Waals surface area contributed by atoms with E-state index in [4.69, 9.17) is 4.74 Å². The third-order valence-corrected chi connectivity index (χ3v) is 6.56. The molecule has 1 fully saturated rings. The Bertz CT molecular complexity index is 1400. The minimum atomic E-state index is -0.307. The van der Waals surface area contributed by atoms with Gasteiger partial charge in [-0.15, -0.1) is 0 Å². The SMILES string of the molecule is COc1ccc(Nc2ncnc3cc(N4CCN(C)CC4)c(NC(=O)Nc4ccccc4)cc23)c(C)c1. The average molecular weight is 498 g/mol. The Morgan fingerprint density at radius 2 is 1.70 bits per heavy atom. The van der Waals surface area contributed by atoms with Crippen molar-refractivity contribution in [1.82, 2.24) is 14.9 Å². The van der Waals surface area contributed by atoms with Crippen LogP contribution in [0.15, 0.2) is 67.0 Å². The lowest BCUT2D eigenvalue weighted by molar-refractivity contribution is 0.262. The van der Waals surface area contributed by atoms with Gasteiger partial charge in [0.15, 0.2) is 0 Å². The van der Waals surface area contributed by atoms with Crippen LogP contribution in [0.25, 0.3) is 10.9 Å². The van der Waals surface area contributed by atoms with Crippen LogP contribution in [0.3, 0.4) is 0 Å². The molecule has 37 heavy (non-hydrogen) atoms. The number of aromatic nitrogens is 2. The molecule has 0 spiro atoms. The van der Waals surface area contributed by atoms with E-state index in [1.54, 1.807) is 13.4 Å². The van der Waals surface area contributed by atoms with Gasteiger partial charge in [0.2, 0.25) is 0 Å². The number of fused-ring (bicyclic) bond motifs is 1. The number of ether oxygens (including phenoxy) is 1. The Morgan fingerprint density at radius 3 is 2.43 bits per heavy atom. The van der Waals surface area contributed by atoms with Gasteiger partial charge >= 0.3 is 6.03 Å². The van der Waals surface area contributed by atoms with Crippen LogP contribution in [0, 0.1) is 6.92 Å². The minimum Gasteiger partial charge on any atom is -0.497 e. The van der Waals surface area contributed by atoms with Crippen LogP contribution in [0.5, 0.6) is 5.75 Å². The number of likely N-dealkylation sites (N-methyl/N-ethyl adjacent to an activating group) is 1. The predicted octanol–water partition coefficient (Wildman–Crippen LogP) is 5.09. The van der Waals surface area contributed by atoms with Gasteiger partial charge in [-0.2, -0.15) is 0 Å². The smallest absolute Gasteiger partial charge is 0.323 e. The zero-order valence-electron chi connectivity index (χ0n) is 21.3. The predicted molar refractivity (Wildman–Crippen MR) is 149 cm³/mol. The van der Waals surface area contributed by atoms with Gasteiger partial charge in [-0.05, 0) is 62.0 Å². The zero-order chi connectivity index (χ0) is 25.8. The molecule has 2 amide bonds. The fraction of sp³-hybridized carbons (Fsp3) is 0.250. The van der Waals surface area contributed by atoms with E-state index in [0.29, 0.717) is 11.5 Å². The van der Waals surface area contributed by atoms with Crippen LogP contribution in [0.4, 0.5) is 33.4 Å². The van der Waals surface area contributed by atoms with Gasteiger partial charge in [-0.25, -0.2) is 14.8 Å². The van der Waals surface area contributed by atoms with Crippen LogP contribution in [0.1, 0.15) is 5.56 Å². The molecule has 1 aliphatic heterocycles. The average Bonchev–Trinajstić information content (AvgIpc) is 2.91. The highest BCUT2D eigenvalue weighted by atomic mass is 16.5. The van der Waals surface area contributed by atoms with Crippen LogP contribution < -0.4 is 25.6 Å². The number of carbonyl (C=O) groups excluding carboxylic acids is 1. The first-order chi connectivity index (χ1) is 18.0. The van der Waals surface area contributed by atoms with Crippen molar-refractivity contribution in [2.45, 2.75) is 6.92 Å². The molecule has 0 unspecified atom stereocenters. The summed E-state index contributed by atoms with van der Waals surface area (Å²) in [4.78, 5) is 26.6. The van der Waals surface area contributed by atoms with Gasteiger partial charge in [0.25, 0.3) is 0 Å². The molecule has 0 saturated carbocycles. The van der Waals surface area contributed by atoms with E-state index < -0.39 is 0 Å². The van der Waals surface area contributed by atoms with E-state index in [1.807, 2.05) is 67.6 Å². The standard InChI is InChI=1S/C28H31N7O2/c1-19-15-21(37-3)9-10-23(19)32-27-22-16-25(33-28(36)31-20-7-5-4-6-8-20)26(17-24(22)29-18-30-27)35-13-11-34(2)12-14-35/h4-10,15-18H,11-14H2,1-3H3,(H,29,30,32)(H2,31,33,36). The molecule has 5 rings (SSSR count). The number of aryl methyl sites for hydroxylation is 1. The van der Waals surface area contributed by atoms with Gasteiger partial charge in [-0.1, -0.05) is 18.2 Å². The van der Waals surface area contributed by atoms with E-state index in [1.165, 1.54) is 0 Å². The van der Waals surface area contributed by atoms with E-state index in [9.17, 15) is 4.79 Å². The van der Waals surface area contributed by atoms with E-state index in [2.05, 4.69) is 42.8 Å². The van der Waals surface area contributed by atoms with Crippen molar-refractivity contribution in [3.63, 3.8) is 0 Å². The Morgan fingerprint density at radius 1 is 0.919 bits per heavy atom. The summed E-state index contributed by atoms with van der Waals surface area (Å²) in [5.74, 6) is 1.46. The van der Waals surface area contributed by atoms with E-state index in [-0.39, 0.29) is 6.03 Å². The number of rotatable bonds is 6. The maximum Gasteiger partial charge on any atom is 0.323 e. The number of nitrogens with zero attached hydrogens (tertiary/aromatic N) is 4. The lowest BCUT2D eigenvalue weighted by Crippen LogP contribution is -2.44. The molecular formula is C28H31N7O2. The number of piperazine rings is 1. The maximum absolute atomic E-state index is 13.0. The Kier molecular flexibility index (Phi) is 7.04. The van der Waals surface area contributed by atoms with Crippen LogP contribution >= 0.6 is 0 Å². The number of para-hydroxylation sites is 1. The van der Waals surface area contributed by atoms with Crippen LogP contribution in [-0.2, 0) is 0 Å². The third kappa shape index (κ3) is 5.57. The molecule has 190 valence electrons. The summed E-state index contributed by atoms with van der Waals surface area (Å²) in [5.41, 5.74) is 5.11. The summed E-state index contributed by atoms with van der Waals surface area (Å²) in [6.45, 7) is 5.62. The number of nitrogens with one attached hydrogen (secondary N) is 3. The van der Waals surface area contributed by atoms with E-state index in [0.717, 1.165) is 65.5 Å². The van der Waals surface area contributed by atoms with Crippen LogP contribution in [0.2, 0.25) is 0 Å². The van der Waals surface area contributed by atoms with Gasteiger partial charge in [0, 0.05) is 42.9 Å². The number of anilines is 5. The molecule has 3 N–H and O–H groups in total. The molecule has 2 heterocycles. The van der Waals surface area contributed by atoms with Crippen molar-refractivity contribution in [3.05, 3.63) is 72.6 Å². The first-order valence-electron chi connectivity index (χ1n) is 12.3. The quantitative estimate of drug-likeness (QED) is 0.342. The summed E-state index contributed by atoms with van der Waals surface area (Å²) in [6, 6.07) is 18.9. The van der Waals surface area contributed by atoms with Crippen molar-refractivity contribution >= 4 is 45.5 Å². The molecule has 9 heteroatoms. The fourth-order valence-corrected chi connectivity index (χ4v) is 4.44. The Labute approximate surface area is 216 Å². The number of carbonyl (C=O) groups is 1. The molecular weight excluding hydrogens is 466 g/mol. The molecule has 0 atom stereocenters. The number of hydrogen-bond acceptors (Lipinski definition) is 7. The highest BCUT2D eigenvalue weighted by Gasteiger charge is 2.20. The van der Waals surface area contributed by atoms with Gasteiger partial charge in [0.05, 0.1) is 24.0 Å². The van der Waals surface area contributed by atoms with Gasteiger partial charge < -0.3 is 30.5 Å². The number of benzene rings is 3. The highest BCUT2D eigenvalue weighted by Crippen LogP contribution is 2.35. The van der Waals surface area contributed by atoms with Crippen molar-refractivity contribution in [2.75, 3.05) is 61.2 Å². The second-order valence-corrected chi connectivity index (χ2v) is 9.15. The number of methoxy groups -OCH3 is 1. The molecule has 0 radical (unpaired) electrons. The summed E-state index contributed by atoms with van der Waals surface area (Å²) in [6.07, 6.45) is 1.56. The molecule has 0 aliphatic carbocycles. The summed E-state index contributed by atoms with van der Waals surface area (Å²) >= 11 is 0. The first-order valence-corrected chi connectivity index (χ1v) is 12.3. The molecule has 1 aromatic heterocycles.